The Kier molecular flexibility index (Phi) is 8.38. The summed E-state index contributed by atoms with van der Waals surface area (Å²) >= 11 is 0. The first-order valence-electron chi connectivity index (χ1n) is 9.02. The molecule has 29 heavy (non-hydrogen) atoms. The van der Waals surface area contributed by atoms with Crippen LogP contribution >= 0.6 is 0 Å². The second kappa shape index (κ2) is 9.69. The van der Waals surface area contributed by atoms with E-state index in [1.165, 1.54) is 0 Å². The molecule has 0 amide bonds. The highest BCUT2D eigenvalue weighted by Crippen LogP contribution is 2.31. The van der Waals surface area contributed by atoms with Gasteiger partial charge in [-0.3, -0.25) is 0 Å². The van der Waals surface area contributed by atoms with Gasteiger partial charge in [0.15, 0.2) is 0 Å². The maximum atomic E-state index is 8.49. The first kappa shape index (κ1) is 25.1. The Labute approximate surface area is 174 Å². The lowest BCUT2D eigenvalue weighted by molar-refractivity contribution is -2.00. The van der Waals surface area contributed by atoms with E-state index in [1.54, 1.807) is 7.11 Å². The monoisotopic (exact) mass is 424 g/mol. The molecule has 1 aromatic heterocycles. The van der Waals surface area contributed by atoms with E-state index >= 15 is 0 Å². The van der Waals surface area contributed by atoms with Crippen LogP contribution in [0.3, 0.4) is 0 Å². The van der Waals surface area contributed by atoms with Gasteiger partial charge in [0.2, 0.25) is 0 Å². The molecule has 7 heteroatoms. The number of hydrogen-bond donors (Lipinski definition) is 0. The van der Waals surface area contributed by atoms with Gasteiger partial charge >= 0.3 is 11.5 Å². The van der Waals surface area contributed by atoms with Crippen LogP contribution in [0.1, 0.15) is 64.2 Å². The van der Waals surface area contributed by atoms with Gasteiger partial charge in [0.1, 0.15) is 5.75 Å². The van der Waals surface area contributed by atoms with E-state index in [4.69, 9.17) is 27.8 Å². The van der Waals surface area contributed by atoms with E-state index in [0.717, 1.165) is 28.4 Å². The highest BCUT2D eigenvalue weighted by Gasteiger charge is 2.33. The summed E-state index contributed by atoms with van der Waals surface area (Å²) in [5, 5.41) is 0. The molecule has 0 fully saturated rings. The van der Waals surface area contributed by atoms with Crippen LogP contribution in [0.5, 0.6) is 5.75 Å². The Morgan fingerprint density at radius 3 is 1.48 bits per heavy atom. The molecular formula is C22H29ClO6. The highest BCUT2D eigenvalue weighted by atomic mass is 35.7. The average molecular weight is 425 g/mol. The summed E-state index contributed by atoms with van der Waals surface area (Å²) in [6.07, 6.45) is 4.26. The summed E-state index contributed by atoms with van der Waals surface area (Å²) in [7, 11) is -3.26. The van der Waals surface area contributed by atoms with Gasteiger partial charge in [0.25, 0.3) is 0 Å². The highest BCUT2D eigenvalue weighted by molar-refractivity contribution is 5.70. The minimum atomic E-state index is -4.94. The summed E-state index contributed by atoms with van der Waals surface area (Å²) in [6.45, 7) is 13.1. The molecule has 0 aliphatic carbocycles. The maximum Gasteiger partial charge on any atom is 0.335 e. The van der Waals surface area contributed by atoms with Crippen molar-refractivity contribution in [2.24, 2.45) is 0 Å². The number of hydrogen-bond acceptors (Lipinski definition) is 5. The normalized spacial score (nSPS) is 12.5. The van der Waals surface area contributed by atoms with E-state index in [2.05, 4.69) is 78.0 Å². The fourth-order valence-corrected chi connectivity index (χ4v) is 2.26. The van der Waals surface area contributed by atoms with Crippen molar-refractivity contribution >= 4 is 12.2 Å². The molecule has 0 radical (unpaired) electrons. The first-order chi connectivity index (χ1) is 13.1. The number of halogens is 1. The van der Waals surface area contributed by atoms with Crippen molar-refractivity contribution in [3.05, 3.63) is 59.0 Å². The minimum Gasteiger partial charge on any atom is -0.497 e. The van der Waals surface area contributed by atoms with Crippen molar-refractivity contribution in [1.82, 2.24) is 0 Å². The van der Waals surface area contributed by atoms with Gasteiger partial charge in [-0.1, -0.05) is 24.3 Å². The molecule has 1 heterocycles. The third-order valence-corrected chi connectivity index (χ3v) is 3.88. The van der Waals surface area contributed by atoms with Crippen molar-refractivity contribution in [2.75, 3.05) is 7.11 Å². The van der Waals surface area contributed by atoms with Crippen molar-refractivity contribution in [1.29, 1.82) is 0 Å². The van der Waals surface area contributed by atoms with Crippen molar-refractivity contribution in [2.45, 2.75) is 52.4 Å². The second-order valence-corrected chi connectivity index (χ2v) is 9.36. The molecule has 0 saturated carbocycles. The van der Waals surface area contributed by atoms with Crippen molar-refractivity contribution in [3.63, 3.8) is 0 Å². The summed E-state index contributed by atoms with van der Waals surface area (Å²) in [5.41, 5.74) is 2.26. The number of benzene rings is 1. The van der Waals surface area contributed by atoms with Crippen molar-refractivity contribution in [3.8, 4) is 5.75 Å². The largest absolute Gasteiger partial charge is 0.497 e. The smallest absolute Gasteiger partial charge is 0.335 e. The van der Waals surface area contributed by atoms with E-state index in [1.807, 2.05) is 12.1 Å². The zero-order chi connectivity index (χ0) is 22.5. The van der Waals surface area contributed by atoms with Gasteiger partial charge in [-0.25, -0.2) is 23.1 Å². The van der Waals surface area contributed by atoms with E-state index < -0.39 is 10.2 Å². The molecule has 0 aliphatic rings. The predicted octanol–water partition coefficient (Wildman–Crippen LogP) is 1.58. The van der Waals surface area contributed by atoms with Crippen LogP contribution in [0, 0.1) is 10.2 Å². The summed E-state index contributed by atoms with van der Waals surface area (Å²) < 4.78 is 45.4. The molecule has 160 valence electrons. The van der Waals surface area contributed by atoms with Crippen LogP contribution in [0.4, 0.5) is 0 Å². The van der Waals surface area contributed by atoms with Crippen LogP contribution in [-0.2, 0) is 10.8 Å². The molecule has 2 aromatic rings. The third-order valence-electron chi connectivity index (χ3n) is 3.88. The van der Waals surface area contributed by atoms with Gasteiger partial charge in [-0.05, 0) is 64.8 Å². The van der Waals surface area contributed by atoms with Crippen LogP contribution in [0.15, 0.2) is 40.8 Å². The molecule has 0 spiro atoms. The van der Waals surface area contributed by atoms with Gasteiger partial charge < -0.3 is 4.74 Å². The third kappa shape index (κ3) is 9.87. The lowest BCUT2D eigenvalue weighted by Gasteiger charge is -2.17. The lowest BCUT2D eigenvalue weighted by Crippen LogP contribution is -2.68. The second-order valence-electron chi connectivity index (χ2n) is 8.60. The Balaban J connectivity index is 0.000000749. The summed E-state index contributed by atoms with van der Waals surface area (Å²) in [4.78, 5) is 0. The van der Waals surface area contributed by atoms with E-state index in [9.17, 15) is 0 Å². The molecule has 6 nitrogen and oxygen atoms in total. The molecule has 0 aliphatic heterocycles. The fraction of sp³-hybridized carbons (Fsp3) is 0.409. The first-order valence-corrected chi connectivity index (χ1v) is 10.3. The molecule has 0 saturated heterocycles. The zero-order valence-corrected chi connectivity index (χ0v) is 18.7. The quantitative estimate of drug-likeness (QED) is 0.691. The van der Waals surface area contributed by atoms with Crippen LogP contribution in [-0.4, -0.2) is 7.11 Å². The van der Waals surface area contributed by atoms with Gasteiger partial charge in [-0.15, -0.1) is 10.2 Å². The van der Waals surface area contributed by atoms with Crippen LogP contribution < -0.4 is 23.4 Å². The van der Waals surface area contributed by atoms with Gasteiger partial charge in [0.05, 0.1) is 17.9 Å². The zero-order valence-electron chi connectivity index (χ0n) is 17.9. The molecule has 0 bridgehead atoms. The number of rotatable bonds is 3. The molecule has 1 aromatic carbocycles. The van der Waals surface area contributed by atoms with Gasteiger partial charge in [-0.2, -0.15) is 0 Å². The lowest BCUT2D eigenvalue weighted by atomic mass is 9.88. The summed E-state index contributed by atoms with van der Waals surface area (Å²) in [6, 6.07) is 12.3. The predicted molar refractivity (Wildman–Crippen MR) is 102 cm³/mol. The van der Waals surface area contributed by atoms with Gasteiger partial charge in [0, 0.05) is 12.1 Å². The number of methoxy groups -OCH3 is 1. The molecule has 0 atom stereocenters. The molecule has 0 unspecified atom stereocenters. The van der Waals surface area contributed by atoms with Crippen molar-refractivity contribution < 1.29 is 38.0 Å². The Hall–Kier alpha value is -1.96. The Bertz CT molecular complexity index is 771. The fourth-order valence-electron chi connectivity index (χ4n) is 2.26. The summed E-state index contributed by atoms with van der Waals surface area (Å²) in [5.74, 6) is 2.88. The average Bonchev–Trinajstić information content (AvgIpc) is 2.57. The standard InChI is InChI=1S/C22H29O2.ClHO4/c1-21(2,3)19-14-17(15-20(24-19)22(4,5)6)9-8-16-10-12-18(23-7)13-11-16;2-1(3,4)5/h8-15H,1-7H3;(H,2,3,4,5)/q+1;/p-1/b9-8+;. The van der Waals surface area contributed by atoms with Crippen LogP contribution in [0.2, 0.25) is 0 Å². The molecule has 0 N–H and O–H groups in total. The maximum absolute atomic E-state index is 8.49. The van der Waals surface area contributed by atoms with E-state index in [-0.39, 0.29) is 10.8 Å². The molecule has 2 rings (SSSR count). The SMILES string of the molecule is COc1ccc(/C=C/c2cc(C(C)(C)C)[o+]c(C(C)(C)C)c2)cc1.[O-][Cl+3]([O-])([O-])[O-]. The topological polar surface area (TPSA) is 113 Å². The Morgan fingerprint density at radius 1 is 0.759 bits per heavy atom. The number of ether oxygens (including phenoxy) is 1. The Morgan fingerprint density at radius 2 is 1.14 bits per heavy atom. The minimum absolute atomic E-state index is 0.0238. The molecular weight excluding hydrogens is 396 g/mol. The van der Waals surface area contributed by atoms with Crippen LogP contribution in [0.25, 0.3) is 12.2 Å². The van der Waals surface area contributed by atoms with E-state index in [0.29, 0.717) is 0 Å².